The molecule has 138 valence electrons. The summed E-state index contributed by atoms with van der Waals surface area (Å²) in [6.45, 7) is 3.19. The Morgan fingerprint density at radius 3 is 2.31 bits per heavy atom. The first-order valence-electron chi connectivity index (χ1n) is 7.95. The van der Waals surface area contributed by atoms with Crippen LogP contribution in [0.3, 0.4) is 0 Å². The third-order valence-electron chi connectivity index (χ3n) is 3.70. The van der Waals surface area contributed by atoms with E-state index in [0.29, 0.717) is 5.02 Å². The van der Waals surface area contributed by atoms with E-state index in [9.17, 15) is 18.4 Å². The van der Waals surface area contributed by atoms with Gasteiger partial charge in [0.15, 0.2) is 18.2 Å². The first kappa shape index (κ1) is 19.8. The summed E-state index contributed by atoms with van der Waals surface area (Å²) in [6.07, 6.45) is 0. The maximum absolute atomic E-state index is 13.1. The summed E-state index contributed by atoms with van der Waals surface area (Å²) in [5.74, 6) is -3.91. The minimum Gasteiger partial charge on any atom is -0.455 e. The van der Waals surface area contributed by atoms with Crippen molar-refractivity contribution < 1.29 is 23.1 Å². The third kappa shape index (κ3) is 5.26. The first-order valence-corrected chi connectivity index (χ1v) is 8.32. The lowest BCUT2D eigenvalue weighted by Gasteiger charge is -2.20. The van der Waals surface area contributed by atoms with E-state index in [-0.39, 0.29) is 11.6 Å². The molecule has 4 nitrogen and oxygen atoms in total. The highest BCUT2D eigenvalue weighted by atomic mass is 35.5. The molecule has 0 heterocycles. The number of carbonyl (C=O) groups excluding carboxylic acids is 2. The van der Waals surface area contributed by atoms with Crippen LogP contribution in [0.15, 0.2) is 42.5 Å². The second-order valence-corrected chi connectivity index (χ2v) is 6.49. The third-order valence-corrected chi connectivity index (χ3v) is 3.95. The van der Waals surface area contributed by atoms with Crippen molar-refractivity contribution in [3.63, 3.8) is 0 Å². The molecule has 26 heavy (non-hydrogen) atoms. The highest BCUT2D eigenvalue weighted by Gasteiger charge is 2.26. The van der Waals surface area contributed by atoms with Gasteiger partial charge in [0.25, 0.3) is 5.91 Å². The summed E-state index contributed by atoms with van der Waals surface area (Å²) in [7, 11) is 0. The zero-order chi connectivity index (χ0) is 19.3. The molecule has 0 saturated carbocycles. The van der Waals surface area contributed by atoms with Gasteiger partial charge >= 0.3 is 5.97 Å². The van der Waals surface area contributed by atoms with Gasteiger partial charge in [0, 0.05) is 16.8 Å². The van der Waals surface area contributed by atoms with Crippen molar-refractivity contribution in [2.24, 2.45) is 5.92 Å². The fourth-order valence-electron chi connectivity index (χ4n) is 2.46. The van der Waals surface area contributed by atoms with Crippen LogP contribution in [0, 0.1) is 17.6 Å². The normalized spacial score (nSPS) is 11.9. The van der Waals surface area contributed by atoms with Gasteiger partial charge in [-0.15, -0.1) is 0 Å². The molecule has 0 saturated heterocycles. The van der Waals surface area contributed by atoms with Crippen molar-refractivity contribution in [1.82, 2.24) is 0 Å². The Morgan fingerprint density at radius 2 is 1.73 bits per heavy atom. The van der Waals surface area contributed by atoms with Crippen molar-refractivity contribution in [2.75, 3.05) is 11.9 Å². The second-order valence-electron chi connectivity index (χ2n) is 6.06. The van der Waals surface area contributed by atoms with Crippen LogP contribution in [0.4, 0.5) is 14.5 Å². The summed E-state index contributed by atoms with van der Waals surface area (Å²) < 4.78 is 31.1. The Balaban J connectivity index is 1.97. The minimum absolute atomic E-state index is 0.0575. The van der Waals surface area contributed by atoms with Gasteiger partial charge in [-0.1, -0.05) is 37.6 Å². The number of hydrogen-bond acceptors (Lipinski definition) is 3. The lowest BCUT2D eigenvalue weighted by atomic mass is 9.88. The fraction of sp³-hybridized carbons (Fsp3) is 0.263. The number of anilines is 1. The van der Waals surface area contributed by atoms with E-state index in [1.807, 2.05) is 13.8 Å². The van der Waals surface area contributed by atoms with Crippen LogP contribution in [0.25, 0.3) is 0 Å². The smallest absolute Gasteiger partial charge is 0.314 e. The van der Waals surface area contributed by atoms with E-state index >= 15 is 0 Å². The van der Waals surface area contributed by atoms with Crippen LogP contribution >= 0.6 is 11.6 Å². The number of carbonyl (C=O) groups is 2. The van der Waals surface area contributed by atoms with Gasteiger partial charge in [-0.3, -0.25) is 9.59 Å². The van der Waals surface area contributed by atoms with Gasteiger partial charge in [0.05, 0.1) is 5.92 Å². The van der Waals surface area contributed by atoms with Crippen molar-refractivity contribution in [3.05, 3.63) is 64.7 Å². The summed E-state index contributed by atoms with van der Waals surface area (Å²) in [5, 5.41) is 2.89. The lowest BCUT2D eigenvalue weighted by Crippen LogP contribution is -2.26. The Morgan fingerprint density at radius 1 is 1.08 bits per heavy atom. The number of ether oxygens (including phenoxy) is 1. The maximum atomic E-state index is 13.1. The van der Waals surface area contributed by atoms with E-state index in [4.69, 9.17) is 16.3 Å². The number of halogens is 3. The van der Waals surface area contributed by atoms with Crippen LogP contribution in [-0.2, 0) is 14.3 Å². The molecule has 2 aromatic rings. The quantitative estimate of drug-likeness (QED) is 0.747. The minimum atomic E-state index is -1.08. The predicted octanol–water partition coefficient (Wildman–Crippen LogP) is 4.54. The van der Waals surface area contributed by atoms with Crippen molar-refractivity contribution in [3.8, 4) is 0 Å². The van der Waals surface area contributed by atoms with Gasteiger partial charge in [-0.05, 0) is 35.7 Å². The average Bonchev–Trinajstić information content (AvgIpc) is 2.58. The van der Waals surface area contributed by atoms with E-state index in [2.05, 4.69) is 5.32 Å². The van der Waals surface area contributed by atoms with E-state index in [1.54, 1.807) is 24.3 Å². The van der Waals surface area contributed by atoms with Crippen LogP contribution in [0.5, 0.6) is 0 Å². The van der Waals surface area contributed by atoms with E-state index < -0.39 is 36.0 Å². The molecule has 1 atom stereocenters. The van der Waals surface area contributed by atoms with Crippen LogP contribution in [0.2, 0.25) is 5.02 Å². The molecule has 0 aliphatic heterocycles. The number of benzene rings is 2. The number of hydrogen-bond donors (Lipinski definition) is 1. The second kappa shape index (κ2) is 8.76. The molecular formula is C19H18ClF2NO3. The van der Waals surface area contributed by atoms with Crippen molar-refractivity contribution in [2.45, 2.75) is 19.8 Å². The average molecular weight is 382 g/mol. The van der Waals surface area contributed by atoms with Gasteiger partial charge in [-0.2, -0.15) is 0 Å². The molecule has 7 heteroatoms. The van der Waals surface area contributed by atoms with E-state index in [1.165, 1.54) is 6.07 Å². The van der Waals surface area contributed by atoms with Gasteiger partial charge < -0.3 is 10.1 Å². The zero-order valence-electron chi connectivity index (χ0n) is 14.3. The maximum Gasteiger partial charge on any atom is 0.314 e. The predicted molar refractivity (Wildman–Crippen MR) is 95.0 cm³/mol. The molecule has 0 aromatic heterocycles. The molecule has 2 aromatic carbocycles. The lowest BCUT2D eigenvalue weighted by molar-refractivity contribution is -0.149. The molecule has 0 unspecified atom stereocenters. The van der Waals surface area contributed by atoms with Crippen molar-refractivity contribution in [1.29, 1.82) is 0 Å². The summed E-state index contributed by atoms with van der Waals surface area (Å²) in [5.41, 5.74) is 0.804. The highest BCUT2D eigenvalue weighted by Crippen LogP contribution is 2.27. The fourth-order valence-corrected chi connectivity index (χ4v) is 2.59. The molecule has 1 N–H and O–H groups in total. The molecule has 1 amide bonds. The molecule has 0 fully saturated rings. The summed E-state index contributed by atoms with van der Waals surface area (Å²) in [4.78, 5) is 24.2. The standard InChI is InChI=1S/C19H18ClF2NO3/c1-11(2)18(12-3-5-13(20)6-4-12)19(25)26-10-17(24)23-14-7-8-15(21)16(22)9-14/h3-9,11,18H,10H2,1-2H3,(H,23,24)/t18-/m0/s1. The Kier molecular flexibility index (Phi) is 6.69. The summed E-state index contributed by atoms with van der Waals surface area (Å²) >= 11 is 5.86. The first-order chi connectivity index (χ1) is 12.3. The SMILES string of the molecule is CC(C)[C@H](C(=O)OCC(=O)Nc1ccc(F)c(F)c1)c1ccc(Cl)cc1. The zero-order valence-corrected chi connectivity index (χ0v) is 15.0. The highest BCUT2D eigenvalue weighted by molar-refractivity contribution is 6.30. The van der Waals surface area contributed by atoms with Gasteiger partial charge in [0.2, 0.25) is 0 Å². The number of amides is 1. The van der Waals surface area contributed by atoms with Gasteiger partial charge in [-0.25, -0.2) is 8.78 Å². The Hall–Kier alpha value is -2.47. The molecular weight excluding hydrogens is 364 g/mol. The molecule has 0 spiro atoms. The molecule has 2 rings (SSSR count). The molecule has 0 aliphatic carbocycles. The number of esters is 1. The number of rotatable bonds is 6. The van der Waals surface area contributed by atoms with Crippen LogP contribution in [0.1, 0.15) is 25.3 Å². The van der Waals surface area contributed by atoms with E-state index in [0.717, 1.165) is 17.7 Å². The van der Waals surface area contributed by atoms with Crippen LogP contribution in [-0.4, -0.2) is 18.5 Å². The molecule has 0 radical (unpaired) electrons. The molecule has 0 bridgehead atoms. The largest absolute Gasteiger partial charge is 0.455 e. The topological polar surface area (TPSA) is 55.4 Å². The van der Waals surface area contributed by atoms with Crippen LogP contribution < -0.4 is 5.32 Å². The number of nitrogens with one attached hydrogen (secondary N) is 1. The molecule has 0 aliphatic rings. The monoisotopic (exact) mass is 381 g/mol. The van der Waals surface area contributed by atoms with Gasteiger partial charge in [0.1, 0.15) is 0 Å². The van der Waals surface area contributed by atoms with Crippen molar-refractivity contribution >= 4 is 29.2 Å². The Bertz CT molecular complexity index is 794. The Labute approximate surface area is 155 Å². The summed E-state index contributed by atoms with van der Waals surface area (Å²) in [6, 6.07) is 9.77.